The van der Waals surface area contributed by atoms with Crippen LogP contribution in [0.5, 0.6) is 11.5 Å². The van der Waals surface area contributed by atoms with E-state index < -0.39 is 11.6 Å². The highest BCUT2D eigenvalue weighted by Crippen LogP contribution is 2.27. The van der Waals surface area contributed by atoms with Crippen molar-refractivity contribution >= 4 is 23.4 Å². The number of aliphatic carboxylic acids is 1. The summed E-state index contributed by atoms with van der Waals surface area (Å²) >= 11 is 6.02. The molecule has 0 atom stereocenters. The standard InChI is InChI=1S/C27H27ClO5/c1-27(2,26(30)31)33-22-14-11-20(12-15-22)19-9-7-18(8-10-19)5-4-6-24(29)23-17-21(28)13-16-25(23)32-3/h7-17H,4-6H2,1-3H3,(H,30,31). The SMILES string of the molecule is COc1ccc(Cl)cc1C(=O)CCCc1ccc(-c2ccc(OC(C)(C)C(=O)O)cc2)cc1. The van der Waals surface area contributed by atoms with Gasteiger partial charge in [-0.05, 0) is 73.7 Å². The predicted molar refractivity (Wildman–Crippen MR) is 129 cm³/mol. The molecule has 5 nitrogen and oxygen atoms in total. The van der Waals surface area contributed by atoms with Crippen molar-refractivity contribution in [3.63, 3.8) is 0 Å². The van der Waals surface area contributed by atoms with Crippen molar-refractivity contribution in [3.05, 3.63) is 82.9 Å². The minimum absolute atomic E-state index is 0.0133. The third kappa shape index (κ3) is 6.36. The van der Waals surface area contributed by atoms with E-state index in [1.807, 2.05) is 24.3 Å². The van der Waals surface area contributed by atoms with Gasteiger partial charge in [-0.3, -0.25) is 4.79 Å². The first-order chi connectivity index (χ1) is 15.7. The lowest BCUT2D eigenvalue weighted by Crippen LogP contribution is -2.37. The third-order valence-electron chi connectivity index (χ3n) is 5.36. The molecule has 3 rings (SSSR count). The molecule has 0 aliphatic heterocycles. The molecule has 33 heavy (non-hydrogen) atoms. The molecule has 0 saturated heterocycles. The number of carboxylic acids is 1. The molecule has 1 N–H and O–H groups in total. The number of hydrogen-bond donors (Lipinski definition) is 1. The van der Waals surface area contributed by atoms with E-state index in [0.717, 1.165) is 29.5 Å². The van der Waals surface area contributed by atoms with Crippen LogP contribution in [0.1, 0.15) is 42.6 Å². The van der Waals surface area contributed by atoms with Crippen LogP contribution in [-0.2, 0) is 11.2 Å². The van der Waals surface area contributed by atoms with Crippen LogP contribution in [0.15, 0.2) is 66.7 Å². The van der Waals surface area contributed by atoms with Crippen LogP contribution in [0.2, 0.25) is 5.02 Å². The fourth-order valence-corrected chi connectivity index (χ4v) is 3.58. The van der Waals surface area contributed by atoms with Crippen LogP contribution in [0.25, 0.3) is 11.1 Å². The van der Waals surface area contributed by atoms with E-state index in [1.54, 1.807) is 37.4 Å². The summed E-state index contributed by atoms with van der Waals surface area (Å²) in [4.78, 5) is 23.8. The van der Waals surface area contributed by atoms with Gasteiger partial charge in [0.1, 0.15) is 11.5 Å². The topological polar surface area (TPSA) is 72.8 Å². The highest BCUT2D eigenvalue weighted by atomic mass is 35.5. The fraction of sp³-hybridized carbons (Fsp3) is 0.259. The first kappa shape index (κ1) is 24.3. The zero-order chi connectivity index (χ0) is 24.0. The quantitative estimate of drug-likeness (QED) is 0.347. The summed E-state index contributed by atoms with van der Waals surface area (Å²) < 4.78 is 10.8. The Kier molecular flexibility index (Phi) is 7.77. The first-order valence-electron chi connectivity index (χ1n) is 10.7. The van der Waals surface area contributed by atoms with Crippen molar-refractivity contribution in [2.45, 2.75) is 38.7 Å². The van der Waals surface area contributed by atoms with Gasteiger partial charge in [0.05, 0.1) is 12.7 Å². The van der Waals surface area contributed by atoms with Crippen molar-refractivity contribution in [1.29, 1.82) is 0 Å². The highest BCUT2D eigenvalue weighted by molar-refractivity contribution is 6.31. The van der Waals surface area contributed by atoms with Crippen LogP contribution in [-0.4, -0.2) is 29.6 Å². The number of Topliss-reactive ketones (excluding diaryl/α,β-unsaturated/α-hetero) is 1. The van der Waals surface area contributed by atoms with Gasteiger partial charge in [0.25, 0.3) is 0 Å². The maximum atomic E-state index is 12.6. The van der Waals surface area contributed by atoms with Crippen molar-refractivity contribution in [2.24, 2.45) is 0 Å². The molecule has 0 bridgehead atoms. The van der Waals surface area contributed by atoms with Crippen molar-refractivity contribution in [1.82, 2.24) is 0 Å². The Morgan fingerprint density at radius 2 is 1.55 bits per heavy atom. The maximum Gasteiger partial charge on any atom is 0.347 e. The fourth-order valence-electron chi connectivity index (χ4n) is 3.40. The van der Waals surface area contributed by atoms with Crippen LogP contribution in [0.3, 0.4) is 0 Å². The average Bonchev–Trinajstić information content (AvgIpc) is 2.79. The number of methoxy groups -OCH3 is 1. The van der Waals surface area contributed by atoms with E-state index in [4.69, 9.17) is 21.1 Å². The summed E-state index contributed by atoms with van der Waals surface area (Å²) in [5.74, 6) is 0.0374. The third-order valence-corrected chi connectivity index (χ3v) is 5.60. The number of carboxylic acid groups (broad SMARTS) is 1. The second-order valence-electron chi connectivity index (χ2n) is 8.26. The molecule has 0 heterocycles. The Labute approximate surface area is 198 Å². The van der Waals surface area contributed by atoms with Crippen LogP contribution < -0.4 is 9.47 Å². The summed E-state index contributed by atoms with van der Waals surface area (Å²) in [6.45, 7) is 3.03. The zero-order valence-corrected chi connectivity index (χ0v) is 19.7. The lowest BCUT2D eigenvalue weighted by Gasteiger charge is -2.21. The number of aryl methyl sites for hydroxylation is 1. The molecule has 6 heteroatoms. The monoisotopic (exact) mass is 466 g/mol. The maximum absolute atomic E-state index is 12.6. The Morgan fingerprint density at radius 3 is 2.12 bits per heavy atom. The molecule has 0 aliphatic carbocycles. The lowest BCUT2D eigenvalue weighted by atomic mass is 9.99. The predicted octanol–water partition coefficient (Wildman–Crippen LogP) is 6.46. The number of ether oxygens (including phenoxy) is 2. The molecule has 172 valence electrons. The molecule has 0 saturated carbocycles. The molecule has 0 unspecified atom stereocenters. The van der Waals surface area contributed by atoms with Crippen LogP contribution in [0, 0.1) is 0 Å². The Hall–Kier alpha value is -3.31. The van der Waals surface area contributed by atoms with Gasteiger partial charge in [0.15, 0.2) is 11.4 Å². The minimum atomic E-state index is -1.29. The number of rotatable bonds is 10. The number of benzene rings is 3. The van der Waals surface area contributed by atoms with Gasteiger partial charge in [-0.1, -0.05) is 48.0 Å². The van der Waals surface area contributed by atoms with Crippen LogP contribution in [0.4, 0.5) is 0 Å². The minimum Gasteiger partial charge on any atom is -0.496 e. The van der Waals surface area contributed by atoms with Crippen LogP contribution >= 0.6 is 11.6 Å². The molecule has 0 radical (unpaired) electrons. The smallest absolute Gasteiger partial charge is 0.347 e. The van der Waals surface area contributed by atoms with E-state index in [2.05, 4.69) is 12.1 Å². The van der Waals surface area contributed by atoms with E-state index in [9.17, 15) is 14.7 Å². The van der Waals surface area contributed by atoms with Gasteiger partial charge in [0, 0.05) is 11.4 Å². The van der Waals surface area contributed by atoms with E-state index in [-0.39, 0.29) is 5.78 Å². The molecule has 0 fully saturated rings. The number of carbonyl (C=O) groups excluding carboxylic acids is 1. The van der Waals surface area contributed by atoms with E-state index in [0.29, 0.717) is 28.5 Å². The summed E-state index contributed by atoms with van der Waals surface area (Å²) in [7, 11) is 1.54. The molecular formula is C27H27ClO5. The molecule has 0 amide bonds. The zero-order valence-electron chi connectivity index (χ0n) is 18.9. The van der Waals surface area contributed by atoms with Gasteiger partial charge >= 0.3 is 5.97 Å². The highest BCUT2D eigenvalue weighted by Gasteiger charge is 2.29. The Balaban J connectivity index is 1.57. The number of halogens is 1. The number of hydrogen-bond acceptors (Lipinski definition) is 4. The molecular weight excluding hydrogens is 440 g/mol. The Morgan fingerprint density at radius 1 is 0.939 bits per heavy atom. The first-order valence-corrected chi connectivity index (χ1v) is 11.1. The second kappa shape index (κ2) is 10.5. The molecule has 0 aromatic heterocycles. The van der Waals surface area contributed by atoms with Crippen molar-refractivity contribution in [3.8, 4) is 22.6 Å². The van der Waals surface area contributed by atoms with Gasteiger partial charge in [-0.15, -0.1) is 0 Å². The van der Waals surface area contributed by atoms with Gasteiger partial charge in [0.2, 0.25) is 0 Å². The van der Waals surface area contributed by atoms with E-state index in [1.165, 1.54) is 13.8 Å². The summed E-state index contributed by atoms with van der Waals surface area (Å²) in [6.07, 6.45) is 1.91. The summed E-state index contributed by atoms with van der Waals surface area (Å²) in [5.41, 5.74) is 2.42. The normalized spacial score (nSPS) is 11.2. The lowest BCUT2D eigenvalue weighted by molar-refractivity contribution is -0.152. The second-order valence-corrected chi connectivity index (χ2v) is 8.70. The largest absolute Gasteiger partial charge is 0.496 e. The Bertz CT molecular complexity index is 1120. The average molecular weight is 467 g/mol. The molecule has 3 aromatic rings. The summed E-state index contributed by atoms with van der Waals surface area (Å²) in [5, 5.41) is 9.70. The number of ketones is 1. The van der Waals surface area contributed by atoms with E-state index >= 15 is 0 Å². The van der Waals surface area contributed by atoms with Crippen molar-refractivity contribution < 1.29 is 24.2 Å². The van der Waals surface area contributed by atoms with Gasteiger partial charge < -0.3 is 14.6 Å². The summed E-state index contributed by atoms with van der Waals surface area (Å²) in [6, 6.07) is 20.6. The molecule has 0 spiro atoms. The van der Waals surface area contributed by atoms with Gasteiger partial charge in [-0.25, -0.2) is 4.79 Å². The number of carbonyl (C=O) groups is 2. The molecule has 0 aliphatic rings. The van der Waals surface area contributed by atoms with Gasteiger partial charge in [-0.2, -0.15) is 0 Å². The van der Waals surface area contributed by atoms with Crippen molar-refractivity contribution in [2.75, 3.05) is 7.11 Å². The molecule has 3 aromatic carbocycles.